The van der Waals surface area contributed by atoms with Crippen LogP contribution < -0.4 is 5.32 Å². The van der Waals surface area contributed by atoms with Crippen LogP contribution >= 0.6 is 0 Å². The molecule has 0 amide bonds. The second kappa shape index (κ2) is 5.34. The third-order valence-electron chi connectivity index (χ3n) is 2.19. The predicted molar refractivity (Wildman–Crippen MR) is 55.0 cm³/mol. The molecule has 1 aromatic heterocycles. The quantitative estimate of drug-likeness (QED) is 0.795. The minimum atomic E-state index is -4.09. The summed E-state index contributed by atoms with van der Waals surface area (Å²) in [6.07, 6.45) is -1.54. The topological polar surface area (TPSA) is 29.9 Å². The molecule has 1 N–H and O–H groups in total. The zero-order chi connectivity index (χ0) is 12.2. The molecule has 0 saturated heterocycles. The normalized spacial score (nSPS) is 12.4. The SMILES string of the molecule is CC(C)n1cncc1CNCCC(F)(F)F. The van der Waals surface area contributed by atoms with Gasteiger partial charge in [-0.2, -0.15) is 13.2 Å². The summed E-state index contributed by atoms with van der Waals surface area (Å²) in [5.41, 5.74) is 0.900. The highest BCUT2D eigenvalue weighted by Crippen LogP contribution is 2.18. The van der Waals surface area contributed by atoms with E-state index in [9.17, 15) is 13.2 Å². The van der Waals surface area contributed by atoms with Gasteiger partial charge in [0.15, 0.2) is 0 Å². The van der Waals surface area contributed by atoms with Crippen LogP contribution in [0.25, 0.3) is 0 Å². The van der Waals surface area contributed by atoms with Gasteiger partial charge in [-0.1, -0.05) is 0 Å². The molecule has 16 heavy (non-hydrogen) atoms. The molecule has 0 saturated carbocycles. The highest BCUT2D eigenvalue weighted by molar-refractivity contribution is 4.99. The summed E-state index contributed by atoms with van der Waals surface area (Å²) in [6, 6.07) is 0.266. The van der Waals surface area contributed by atoms with E-state index in [2.05, 4.69) is 10.3 Å². The summed E-state index contributed by atoms with van der Waals surface area (Å²) < 4.78 is 37.5. The largest absolute Gasteiger partial charge is 0.390 e. The van der Waals surface area contributed by atoms with Crippen molar-refractivity contribution < 1.29 is 13.2 Å². The van der Waals surface area contributed by atoms with Crippen LogP contribution in [0.1, 0.15) is 32.0 Å². The van der Waals surface area contributed by atoms with Gasteiger partial charge >= 0.3 is 6.18 Å². The number of hydrogen-bond acceptors (Lipinski definition) is 2. The third kappa shape index (κ3) is 4.22. The van der Waals surface area contributed by atoms with E-state index in [-0.39, 0.29) is 12.6 Å². The fourth-order valence-electron chi connectivity index (χ4n) is 1.38. The predicted octanol–water partition coefficient (Wildman–Crippen LogP) is 2.51. The standard InChI is InChI=1S/C10H16F3N3/c1-8(2)16-7-15-6-9(16)5-14-4-3-10(11,12)13/h6-8,14H,3-5H2,1-2H3. The Morgan fingerprint density at radius 1 is 1.44 bits per heavy atom. The van der Waals surface area contributed by atoms with Gasteiger partial charge in [0.1, 0.15) is 0 Å². The van der Waals surface area contributed by atoms with Crippen LogP contribution in [0.5, 0.6) is 0 Å². The van der Waals surface area contributed by atoms with E-state index in [1.165, 1.54) is 0 Å². The number of nitrogens with one attached hydrogen (secondary N) is 1. The molecule has 0 radical (unpaired) electrons. The molecule has 6 heteroatoms. The highest BCUT2D eigenvalue weighted by Gasteiger charge is 2.25. The molecule has 0 aliphatic carbocycles. The Hall–Kier alpha value is -1.04. The van der Waals surface area contributed by atoms with Crippen molar-refractivity contribution in [2.45, 2.75) is 39.0 Å². The Morgan fingerprint density at radius 2 is 2.12 bits per heavy atom. The first-order valence-electron chi connectivity index (χ1n) is 5.18. The molecule has 1 aromatic rings. The van der Waals surface area contributed by atoms with Gasteiger partial charge in [0.05, 0.1) is 18.4 Å². The average molecular weight is 235 g/mol. The van der Waals surface area contributed by atoms with E-state index in [0.29, 0.717) is 6.54 Å². The number of nitrogens with zero attached hydrogens (tertiary/aromatic N) is 2. The molecule has 1 rings (SSSR count). The van der Waals surface area contributed by atoms with E-state index in [4.69, 9.17) is 0 Å². The fraction of sp³-hybridized carbons (Fsp3) is 0.700. The Morgan fingerprint density at radius 3 is 2.69 bits per heavy atom. The molecule has 0 spiro atoms. The maximum absolute atomic E-state index is 11.9. The van der Waals surface area contributed by atoms with Crippen LogP contribution in [0.4, 0.5) is 13.2 Å². The van der Waals surface area contributed by atoms with Gasteiger partial charge in [0.2, 0.25) is 0 Å². The number of aromatic nitrogens is 2. The Kier molecular flexibility index (Phi) is 4.35. The van der Waals surface area contributed by atoms with E-state index < -0.39 is 12.6 Å². The van der Waals surface area contributed by atoms with Crippen molar-refractivity contribution in [3.05, 3.63) is 18.2 Å². The van der Waals surface area contributed by atoms with Crippen molar-refractivity contribution in [1.82, 2.24) is 14.9 Å². The molecule has 0 atom stereocenters. The van der Waals surface area contributed by atoms with Crippen LogP contribution in [0.15, 0.2) is 12.5 Å². The van der Waals surface area contributed by atoms with Gasteiger partial charge in [0, 0.05) is 25.3 Å². The van der Waals surface area contributed by atoms with Crippen LogP contribution in [0, 0.1) is 0 Å². The van der Waals surface area contributed by atoms with Crippen molar-refractivity contribution in [2.75, 3.05) is 6.54 Å². The number of alkyl halides is 3. The van der Waals surface area contributed by atoms with Gasteiger partial charge in [-0.05, 0) is 13.8 Å². The Bertz CT molecular complexity index is 317. The minimum Gasteiger partial charge on any atom is -0.331 e. The smallest absolute Gasteiger partial charge is 0.331 e. The first-order valence-corrected chi connectivity index (χ1v) is 5.18. The maximum Gasteiger partial charge on any atom is 0.390 e. The zero-order valence-electron chi connectivity index (χ0n) is 9.38. The molecule has 0 bridgehead atoms. The summed E-state index contributed by atoms with van der Waals surface area (Å²) >= 11 is 0. The lowest BCUT2D eigenvalue weighted by molar-refractivity contribution is -0.133. The first kappa shape index (κ1) is 13.0. The molecule has 3 nitrogen and oxygen atoms in total. The third-order valence-corrected chi connectivity index (χ3v) is 2.19. The number of rotatable bonds is 5. The summed E-state index contributed by atoms with van der Waals surface area (Å²) in [5, 5.41) is 2.76. The summed E-state index contributed by atoms with van der Waals surface area (Å²) in [6.45, 7) is 4.35. The molecule has 0 aromatic carbocycles. The fourth-order valence-corrected chi connectivity index (χ4v) is 1.38. The highest BCUT2D eigenvalue weighted by atomic mass is 19.4. The number of halogens is 3. The van der Waals surface area contributed by atoms with E-state index in [1.807, 2.05) is 18.4 Å². The van der Waals surface area contributed by atoms with Crippen LogP contribution in [0.2, 0.25) is 0 Å². The van der Waals surface area contributed by atoms with Crippen LogP contribution in [-0.2, 0) is 6.54 Å². The lowest BCUT2D eigenvalue weighted by Crippen LogP contribution is -2.22. The average Bonchev–Trinajstić information content (AvgIpc) is 2.58. The number of hydrogen-bond donors (Lipinski definition) is 1. The van der Waals surface area contributed by atoms with Crippen molar-refractivity contribution in [3.63, 3.8) is 0 Å². The summed E-state index contributed by atoms with van der Waals surface area (Å²) in [7, 11) is 0. The molecule has 0 aliphatic rings. The monoisotopic (exact) mass is 235 g/mol. The van der Waals surface area contributed by atoms with E-state index >= 15 is 0 Å². The first-order chi connectivity index (χ1) is 7.40. The molecule has 1 heterocycles. The molecular formula is C10H16F3N3. The second-order valence-electron chi connectivity index (χ2n) is 3.93. The molecular weight excluding hydrogens is 219 g/mol. The van der Waals surface area contributed by atoms with Gasteiger partial charge in [-0.3, -0.25) is 0 Å². The van der Waals surface area contributed by atoms with Crippen molar-refractivity contribution in [2.24, 2.45) is 0 Å². The van der Waals surface area contributed by atoms with Gasteiger partial charge in [-0.25, -0.2) is 4.98 Å². The van der Waals surface area contributed by atoms with Crippen molar-refractivity contribution >= 4 is 0 Å². The number of imidazole rings is 1. The Balaban J connectivity index is 2.35. The van der Waals surface area contributed by atoms with Gasteiger partial charge in [-0.15, -0.1) is 0 Å². The lowest BCUT2D eigenvalue weighted by Gasteiger charge is -2.12. The van der Waals surface area contributed by atoms with Crippen molar-refractivity contribution in [1.29, 1.82) is 0 Å². The second-order valence-corrected chi connectivity index (χ2v) is 3.93. The molecule has 0 aliphatic heterocycles. The van der Waals surface area contributed by atoms with E-state index in [1.54, 1.807) is 12.5 Å². The molecule has 0 unspecified atom stereocenters. The summed E-state index contributed by atoms with van der Waals surface area (Å²) in [5.74, 6) is 0. The van der Waals surface area contributed by atoms with Gasteiger partial charge < -0.3 is 9.88 Å². The van der Waals surface area contributed by atoms with Crippen LogP contribution in [-0.4, -0.2) is 22.3 Å². The van der Waals surface area contributed by atoms with Crippen LogP contribution in [0.3, 0.4) is 0 Å². The summed E-state index contributed by atoms with van der Waals surface area (Å²) in [4.78, 5) is 3.97. The molecule has 92 valence electrons. The lowest BCUT2D eigenvalue weighted by atomic mass is 10.3. The van der Waals surface area contributed by atoms with Gasteiger partial charge in [0.25, 0.3) is 0 Å². The molecule has 0 fully saturated rings. The van der Waals surface area contributed by atoms with E-state index in [0.717, 1.165) is 5.69 Å². The minimum absolute atomic E-state index is 0.0627. The Labute approximate surface area is 92.7 Å². The van der Waals surface area contributed by atoms with Crippen molar-refractivity contribution in [3.8, 4) is 0 Å². The zero-order valence-corrected chi connectivity index (χ0v) is 9.38. The maximum atomic E-state index is 11.9.